The smallest absolute Gasteiger partial charge is 0.339 e. The zero-order chi connectivity index (χ0) is 26.0. The minimum absolute atomic E-state index is 0.0240. The Kier molecular flexibility index (Phi) is 7.60. The Morgan fingerprint density at radius 3 is 2.36 bits per heavy atom. The SMILES string of the molecule is COc1cc(/C=C2\SC(=O)N(Cc3ccc(Cl)c(Cl)c3)C2=O)ccc1OS(=O)(=O)c1ccc(F)cc1. The minimum Gasteiger partial charge on any atom is -0.493 e. The van der Waals surface area contributed by atoms with Gasteiger partial charge in [-0.25, -0.2) is 4.39 Å². The molecule has 0 spiro atoms. The molecule has 3 aromatic carbocycles. The van der Waals surface area contributed by atoms with E-state index in [4.69, 9.17) is 32.1 Å². The van der Waals surface area contributed by atoms with Crippen LogP contribution in [0.15, 0.2) is 70.5 Å². The summed E-state index contributed by atoms with van der Waals surface area (Å²) in [6.45, 7) is 0.0240. The molecule has 186 valence electrons. The third-order valence-electron chi connectivity index (χ3n) is 4.99. The molecule has 1 heterocycles. The van der Waals surface area contributed by atoms with Crippen LogP contribution >= 0.6 is 35.0 Å². The molecule has 1 fully saturated rings. The van der Waals surface area contributed by atoms with Gasteiger partial charge in [0.15, 0.2) is 11.5 Å². The van der Waals surface area contributed by atoms with Crippen molar-refractivity contribution in [2.45, 2.75) is 11.4 Å². The highest BCUT2D eigenvalue weighted by molar-refractivity contribution is 8.18. The third kappa shape index (κ3) is 5.67. The van der Waals surface area contributed by atoms with E-state index in [0.717, 1.165) is 40.9 Å². The van der Waals surface area contributed by atoms with Crippen LogP contribution in [0.3, 0.4) is 0 Å². The molecule has 0 radical (unpaired) electrons. The number of amides is 2. The van der Waals surface area contributed by atoms with Gasteiger partial charge in [0.05, 0.1) is 28.6 Å². The number of hydrogen-bond donors (Lipinski definition) is 0. The van der Waals surface area contributed by atoms with Gasteiger partial charge in [0, 0.05) is 0 Å². The van der Waals surface area contributed by atoms with Gasteiger partial charge < -0.3 is 8.92 Å². The molecule has 12 heteroatoms. The van der Waals surface area contributed by atoms with E-state index in [2.05, 4.69) is 0 Å². The normalized spacial score (nSPS) is 15.0. The molecular weight excluding hydrogens is 552 g/mol. The number of rotatable bonds is 7. The van der Waals surface area contributed by atoms with Crippen molar-refractivity contribution in [3.05, 3.63) is 92.6 Å². The Labute approximate surface area is 220 Å². The van der Waals surface area contributed by atoms with E-state index in [1.807, 2.05) is 0 Å². The molecule has 0 atom stereocenters. The standard InChI is InChI=1S/C24H16Cl2FNO6S2/c1-33-21-11-14(3-9-20(21)34-36(31,32)17-6-4-16(27)5-7-17)12-22-23(29)28(24(30)35-22)13-15-2-8-18(25)19(26)10-15/h2-12H,13H2,1H3/b22-12-. The Hall–Kier alpha value is -3.05. The summed E-state index contributed by atoms with van der Waals surface area (Å²) in [5.74, 6) is -1.11. The van der Waals surface area contributed by atoms with Gasteiger partial charge in [-0.05, 0) is 77.5 Å². The number of imide groups is 1. The van der Waals surface area contributed by atoms with Gasteiger partial charge >= 0.3 is 10.1 Å². The zero-order valence-corrected chi connectivity index (χ0v) is 21.5. The molecule has 4 rings (SSSR count). The highest BCUT2D eigenvalue weighted by Gasteiger charge is 2.35. The van der Waals surface area contributed by atoms with Crippen LogP contribution in [0, 0.1) is 5.82 Å². The average Bonchev–Trinajstić information content (AvgIpc) is 3.09. The first-order valence-corrected chi connectivity index (χ1v) is 13.1. The summed E-state index contributed by atoms with van der Waals surface area (Å²) in [5.41, 5.74) is 1.11. The van der Waals surface area contributed by atoms with Gasteiger partial charge in [-0.1, -0.05) is 35.3 Å². The number of ether oxygens (including phenoxy) is 1. The Morgan fingerprint density at radius 1 is 0.972 bits per heavy atom. The van der Waals surface area contributed by atoms with E-state index in [9.17, 15) is 22.4 Å². The van der Waals surface area contributed by atoms with Crippen molar-refractivity contribution in [2.24, 2.45) is 0 Å². The molecule has 0 saturated carbocycles. The number of benzene rings is 3. The highest BCUT2D eigenvalue weighted by atomic mass is 35.5. The monoisotopic (exact) mass is 567 g/mol. The van der Waals surface area contributed by atoms with Crippen LogP contribution in [0.2, 0.25) is 10.0 Å². The molecule has 0 unspecified atom stereocenters. The minimum atomic E-state index is -4.25. The number of nitrogens with zero attached hydrogens (tertiary/aromatic N) is 1. The van der Waals surface area contributed by atoms with E-state index in [1.54, 1.807) is 18.2 Å². The lowest BCUT2D eigenvalue weighted by atomic mass is 10.1. The fourth-order valence-corrected chi connectivity index (χ4v) is 5.32. The first kappa shape index (κ1) is 26.0. The molecule has 3 aromatic rings. The van der Waals surface area contributed by atoms with Crippen molar-refractivity contribution >= 4 is 62.3 Å². The second kappa shape index (κ2) is 10.5. The van der Waals surface area contributed by atoms with Crippen molar-refractivity contribution in [3.8, 4) is 11.5 Å². The van der Waals surface area contributed by atoms with E-state index in [1.165, 1.54) is 31.4 Å². The summed E-state index contributed by atoms with van der Waals surface area (Å²) < 4.78 is 48.6. The van der Waals surface area contributed by atoms with Crippen molar-refractivity contribution < 1.29 is 31.3 Å². The Balaban J connectivity index is 1.54. The molecule has 1 aliphatic rings. The van der Waals surface area contributed by atoms with Crippen molar-refractivity contribution in [3.63, 3.8) is 0 Å². The van der Waals surface area contributed by atoms with Gasteiger partial charge in [0.2, 0.25) is 0 Å². The van der Waals surface area contributed by atoms with Gasteiger partial charge in [-0.3, -0.25) is 14.5 Å². The third-order valence-corrected chi connectivity index (χ3v) is 7.88. The number of carbonyl (C=O) groups excluding carboxylic acids is 2. The molecule has 0 aliphatic carbocycles. The second-order valence-corrected chi connectivity index (χ2v) is 10.8. The molecular formula is C24H16Cl2FNO6S2. The molecule has 7 nitrogen and oxygen atoms in total. The maximum atomic E-state index is 13.1. The summed E-state index contributed by atoms with van der Waals surface area (Å²) in [6.07, 6.45) is 1.49. The van der Waals surface area contributed by atoms with Crippen LogP contribution in [0.5, 0.6) is 11.5 Å². The highest BCUT2D eigenvalue weighted by Crippen LogP contribution is 2.36. The number of hydrogen-bond acceptors (Lipinski definition) is 7. The van der Waals surface area contributed by atoms with Crippen LogP contribution in [0.25, 0.3) is 6.08 Å². The van der Waals surface area contributed by atoms with Crippen LogP contribution in [-0.4, -0.2) is 31.6 Å². The predicted molar refractivity (Wildman–Crippen MR) is 135 cm³/mol. The average molecular weight is 568 g/mol. The summed E-state index contributed by atoms with van der Waals surface area (Å²) >= 11 is 12.7. The summed E-state index contributed by atoms with van der Waals surface area (Å²) in [6, 6.07) is 13.3. The van der Waals surface area contributed by atoms with Crippen molar-refractivity contribution in [2.75, 3.05) is 7.11 Å². The zero-order valence-electron chi connectivity index (χ0n) is 18.4. The summed E-state index contributed by atoms with van der Waals surface area (Å²) in [5, 5.41) is 0.225. The van der Waals surface area contributed by atoms with E-state index >= 15 is 0 Å². The number of thioether (sulfide) groups is 1. The molecule has 36 heavy (non-hydrogen) atoms. The van der Waals surface area contributed by atoms with Gasteiger partial charge in [-0.2, -0.15) is 8.42 Å². The lowest BCUT2D eigenvalue weighted by Gasteiger charge is -2.13. The number of halogens is 3. The second-order valence-electron chi connectivity index (χ2n) is 7.42. The van der Waals surface area contributed by atoms with Crippen LogP contribution in [0.4, 0.5) is 9.18 Å². The quantitative estimate of drug-likeness (QED) is 0.250. The maximum Gasteiger partial charge on any atom is 0.339 e. The molecule has 1 saturated heterocycles. The van der Waals surface area contributed by atoms with Gasteiger partial charge in [-0.15, -0.1) is 0 Å². The molecule has 1 aliphatic heterocycles. The van der Waals surface area contributed by atoms with Crippen LogP contribution in [-0.2, 0) is 21.5 Å². The molecule has 0 aromatic heterocycles. The largest absolute Gasteiger partial charge is 0.493 e. The molecule has 0 bridgehead atoms. The fourth-order valence-electron chi connectivity index (χ4n) is 3.22. The molecule has 2 amide bonds. The van der Waals surface area contributed by atoms with Crippen LogP contribution in [0.1, 0.15) is 11.1 Å². The van der Waals surface area contributed by atoms with E-state index in [0.29, 0.717) is 21.2 Å². The predicted octanol–water partition coefficient (Wildman–Crippen LogP) is 6.15. The van der Waals surface area contributed by atoms with Gasteiger partial charge in [0.25, 0.3) is 11.1 Å². The van der Waals surface area contributed by atoms with Crippen molar-refractivity contribution in [1.82, 2.24) is 4.90 Å². The summed E-state index contributed by atoms with van der Waals surface area (Å²) in [4.78, 5) is 26.4. The molecule has 0 N–H and O–H groups in total. The van der Waals surface area contributed by atoms with E-state index < -0.39 is 27.1 Å². The van der Waals surface area contributed by atoms with E-state index in [-0.39, 0.29) is 27.8 Å². The van der Waals surface area contributed by atoms with Gasteiger partial charge in [0.1, 0.15) is 10.7 Å². The first-order valence-electron chi connectivity index (χ1n) is 10.1. The summed E-state index contributed by atoms with van der Waals surface area (Å²) in [7, 11) is -2.93. The first-order chi connectivity index (χ1) is 17.1. The fraction of sp³-hybridized carbons (Fsp3) is 0.0833. The Morgan fingerprint density at radius 2 is 1.69 bits per heavy atom. The Bertz CT molecular complexity index is 1490. The van der Waals surface area contributed by atoms with Crippen molar-refractivity contribution in [1.29, 1.82) is 0 Å². The topological polar surface area (TPSA) is 90.0 Å². The number of methoxy groups -OCH3 is 1. The van der Waals surface area contributed by atoms with Crippen LogP contribution < -0.4 is 8.92 Å². The maximum absolute atomic E-state index is 13.1. The lowest BCUT2D eigenvalue weighted by Crippen LogP contribution is -2.27. The number of carbonyl (C=O) groups is 2. The lowest BCUT2D eigenvalue weighted by molar-refractivity contribution is -0.123.